The number of rotatable bonds is 6. The largest absolute Gasteiger partial charge is 0.491 e. The van der Waals surface area contributed by atoms with E-state index >= 15 is 0 Å². The lowest BCUT2D eigenvalue weighted by atomic mass is 10.3. The standard InChI is InChI=1S/C15H15BrFNO3/c16-14-7-10(17)1-6-15(14)21-9-12(19)8-20-13-4-2-11(18)3-5-13/h1-7,12,19H,8-9,18H2. The molecule has 0 aliphatic heterocycles. The van der Waals surface area contributed by atoms with E-state index in [1.54, 1.807) is 24.3 Å². The molecule has 4 nitrogen and oxygen atoms in total. The van der Waals surface area contributed by atoms with Crippen molar-refractivity contribution in [3.63, 3.8) is 0 Å². The van der Waals surface area contributed by atoms with Crippen LogP contribution in [0.4, 0.5) is 10.1 Å². The molecule has 0 bridgehead atoms. The molecule has 0 aliphatic rings. The van der Waals surface area contributed by atoms with Crippen LogP contribution in [-0.4, -0.2) is 24.4 Å². The van der Waals surface area contributed by atoms with E-state index in [4.69, 9.17) is 15.2 Å². The van der Waals surface area contributed by atoms with Crippen molar-refractivity contribution in [2.75, 3.05) is 18.9 Å². The molecule has 0 aromatic heterocycles. The molecule has 2 aromatic carbocycles. The number of aliphatic hydroxyl groups excluding tert-OH is 1. The summed E-state index contributed by atoms with van der Waals surface area (Å²) in [5.41, 5.74) is 6.21. The number of benzene rings is 2. The van der Waals surface area contributed by atoms with Gasteiger partial charge in [-0.2, -0.15) is 0 Å². The zero-order valence-electron chi connectivity index (χ0n) is 11.1. The minimum atomic E-state index is -0.806. The number of anilines is 1. The highest BCUT2D eigenvalue weighted by Crippen LogP contribution is 2.25. The first-order chi connectivity index (χ1) is 10.0. The van der Waals surface area contributed by atoms with Crippen molar-refractivity contribution in [3.05, 3.63) is 52.8 Å². The number of hydrogen-bond acceptors (Lipinski definition) is 4. The van der Waals surface area contributed by atoms with Crippen molar-refractivity contribution in [3.8, 4) is 11.5 Å². The average Bonchev–Trinajstić information content (AvgIpc) is 2.46. The normalized spacial score (nSPS) is 12.0. The summed E-state index contributed by atoms with van der Waals surface area (Å²) in [6.07, 6.45) is -0.806. The second-order valence-electron chi connectivity index (χ2n) is 4.42. The van der Waals surface area contributed by atoms with E-state index in [2.05, 4.69) is 15.9 Å². The van der Waals surface area contributed by atoms with Gasteiger partial charge in [-0.1, -0.05) is 0 Å². The van der Waals surface area contributed by atoms with Gasteiger partial charge < -0.3 is 20.3 Å². The highest BCUT2D eigenvalue weighted by Gasteiger charge is 2.09. The summed E-state index contributed by atoms with van der Waals surface area (Å²) < 4.78 is 24.2. The Balaban J connectivity index is 1.79. The van der Waals surface area contributed by atoms with Crippen LogP contribution in [0.25, 0.3) is 0 Å². The number of hydrogen-bond donors (Lipinski definition) is 2. The van der Waals surface area contributed by atoms with Gasteiger partial charge in [0.15, 0.2) is 0 Å². The molecule has 2 aromatic rings. The summed E-state index contributed by atoms with van der Waals surface area (Å²) in [5.74, 6) is 0.718. The van der Waals surface area contributed by atoms with Gasteiger partial charge in [0.25, 0.3) is 0 Å². The topological polar surface area (TPSA) is 64.7 Å². The lowest BCUT2D eigenvalue weighted by Gasteiger charge is -2.14. The molecule has 6 heteroatoms. The maximum atomic E-state index is 12.9. The maximum absolute atomic E-state index is 12.9. The molecule has 1 unspecified atom stereocenters. The fourth-order valence-electron chi connectivity index (χ4n) is 1.58. The van der Waals surface area contributed by atoms with E-state index < -0.39 is 6.10 Å². The van der Waals surface area contributed by atoms with Crippen LogP contribution < -0.4 is 15.2 Å². The van der Waals surface area contributed by atoms with Crippen LogP contribution >= 0.6 is 15.9 Å². The van der Waals surface area contributed by atoms with Crippen LogP contribution in [0.1, 0.15) is 0 Å². The minimum Gasteiger partial charge on any atom is -0.491 e. The number of aliphatic hydroxyl groups is 1. The lowest BCUT2D eigenvalue weighted by Crippen LogP contribution is -2.25. The molecular formula is C15H15BrFNO3. The second-order valence-corrected chi connectivity index (χ2v) is 5.27. The van der Waals surface area contributed by atoms with Crippen LogP contribution in [-0.2, 0) is 0 Å². The van der Waals surface area contributed by atoms with E-state index in [9.17, 15) is 9.50 Å². The Labute approximate surface area is 130 Å². The Hall–Kier alpha value is -1.79. The molecule has 3 N–H and O–H groups in total. The Morgan fingerprint density at radius 3 is 2.43 bits per heavy atom. The first-order valence-electron chi connectivity index (χ1n) is 6.29. The van der Waals surface area contributed by atoms with Gasteiger partial charge in [-0.25, -0.2) is 4.39 Å². The van der Waals surface area contributed by atoms with Crippen LogP contribution in [0.3, 0.4) is 0 Å². The summed E-state index contributed by atoms with van der Waals surface area (Å²) >= 11 is 3.19. The summed E-state index contributed by atoms with van der Waals surface area (Å²) in [6, 6.07) is 11.0. The SMILES string of the molecule is Nc1ccc(OCC(O)COc2ccc(F)cc2Br)cc1. The molecule has 0 aliphatic carbocycles. The van der Waals surface area contributed by atoms with Gasteiger partial charge in [0.2, 0.25) is 0 Å². The van der Waals surface area contributed by atoms with Gasteiger partial charge in [-0.3, -0.25) is 0 Å². The fraction of sp³-hybridized carbons (Fsp3) is 0.200. The lowest BCUT2D eigenvalue weighted by molar-refractivity contribution is 0.0623. The summed E-state index contributed by atoms with van der Waals surface area (Å²) in [4.78, 5) is 0. The van der Waals surface area contributed by atoms with Gasteiger partial charge >= 0.3 is 0 Å². The second kappa shape index (κ2) is 7.28. The van der Waals surface area contributed by atoms with Crippen LogP contribution in [0.15, 0.2) is 46.9 Å². The summed E-state index contributed by atoms with van der Waals surface area (Å²) in [5, 5.41) is 9.81. The van der Waals surface area contributed by atoms with Crippen molar-refractivity contribution in [1.29, 1.82) is 0 Å². The molecule has 0 radical (unpaired) electrons. The van der Waals surface area contributed by atoms with Gasteiger partial charge in [-0.15, -0.1) is 0 Å². The first kappa shape index (κ1) is 15.6. The van der Waals surface area contributed by atoms with Crippen molar-refractivity contribution >= 4 is 21.6 Å². The molecule has 0 heterocycles. The molecule has 0 saturated heterocycles. The van der Waals surface area contributed by atoms with E-state index in [0.717, 1.165) is 0 Å². The Bertz CT molecular complexity index is 592. The van der Waals surface area contributed by atoms with Crippen LogP contribution in [0, 0.1) is 5.82 Å². The summed E-state index contributed by atoms with van der Waals surface area (Å²) in [7, 11) is 0. The van der Waals surface area contributed by atoms with Crippen LogP contribution in [0.2, 0.25) is 0 Å². The molecule has 0 saturated carbocycles. The number of ether oxygens (including phenoxy) is 2. The van der Waals surface area contributed by atoms with Crippen molar-refractivity contribution < 1.29 is 19.0 Å². The maximum Gasteiger partial charge on any atom is 0.133 e. The fourth-order valence-corrected chi connectivity index (χ4v) is 2.05. The highest BCUT2D eigenvalue weighted by molar-refractivity contribution is 9.10. The quantitative estimate of drug-likeness (QED) is 0.781. The van der Waals surface area contributed by atoms with Gasteiger partial charge in [0, 0.05) is 5.69 Å². The predicted octanol–water partition coefficient (Wildman–Crippen LogP) is 2.99. The van der Waals surface area contributed by atoms with E-state index in [1.165, 1.54) is 18.2 Å². The van der Waals surface area contributed by atoms with Crippen LogP contribution in [0.5, 0.6) is 11.5 Å². The minimum absolute atomic E-state index is 0.0409. The molecular weight excluding hydrogens is 341 g/mol. The molecule has 0 fully saturated rings. The molecule has 112 valence electrons. The summed E-state index contributed by atoms with van der Waals surface area (Å²) in [6.45, 7) is 0.127. The van der Waals surface area contributed by atoms with Crippen molar-refractivity contribution in [2.24, 2.45) is 0 Å². The Morgan fingerprint density at radius 2 is 1.76 bits per heavy atom. The monoisotopic (exact) mass is 355 g/mol. The third kappa shape index (κ3) is 4.91. The zero-order chi connectivity index (χ0) is 15.2. The molecule has 2 rings (SSSR count). The Kier molecular flexibility index (Phi) is 5.41. The third-order valence-electron chi connectivity index (χ3n) is 2.65. The molecule has 1 atom stereocenters. The number of halogens is 2. The van der Waals surface area contributed by atoms with Gasteiger partial charge in [0.05, 0.1) is 4.47 Å². The number of nitrogen functional groups attached to an aromatic ring is 1. The van der Waals surface area contributed by atoms with E-state index in [-0.39, 0.29) is 19.0 Å². The smallest absolute Gasteiger partial charge is 0.133 e. The molecule has 0 spiro atoms. The average molecular weight is 356 g/mol. The van der Waals surface area contributed by atoms with Crippen molar-refractivity contribution in [1.82, 2.24) is 0 Å². The van der Waals surface area contributed by atoms with Gasteiger partial charge in [0.1, 0.15) is 36.6 Å². The molecule has 21 heavy (non-hydrogen) atoms. The molecule has 0 amide bonds. The van der Waals surface area contributed by atoms with Crippen molar-refractivity contribution in [2.45, 2.75) is 6.10 Å². The number of nitrogens with two attached hydrogens (primary N) is 1. The predicted molar refractivity (Wildman–Crippen MR) is 82.0 cm³/mol. The van der Waals surface area contributed by atoms with Gasteiger partial charge in [-0.05, 0) is 58.4 Å². The van der Waals surface area contributed by atoms with E-state index in [1.807, 2.05) is 0 Å². The first-order valence-corrected chi connectivity index (χ1v) is 7.08. The van der Waals surface area contributed by atoms with E-state index in [0.29, 0.717) is 21.7 Å². The Morgan fingerprint density at radius 1 is 1.10 bits per heavy atom. The highest BCUT2D eigenvalue weighted by atomic mass is 79.9. The third-order valence-corrected chi connectivity index (χ3v) is 3.27. The zero-order valence-corrected chi connectivity index (χ0v) is 12.7.